The van der Waals surface area contributed by atoms with Crippen LogP contribution < -0.4 is 5.32 Å². The third-order valence-electron chi connectivity index (χ3n) is 2.08. The molecule has 78 valence electrons. The second-order valence-electron chi connectivity index (χ2n) is 3.49. The van der Waals surface area contributed by atoms with Gasteiger partial charge in [-0.3, -0.25) is 4.98 Å². The van der Waals surface area contributed by atoms with Gasteiger partial charge in [0.05, 0.1) is 6.10 Å². The molecule has 0 aromatic carbocycles. The summed E-state index contributed by atoms with van der Waals surface area (Å²) < 4.78 is 0. The Balaban J connectivity index is 2.05. The molecule has 3 heteroatoms. The van der Waals surface area contributed by atoms with Crippen molar-refractivity contribution < 1.29 is 5.11 Å². The van der Waals surface area contributed by atoms with Crippen LogP contribution in [-0.2, 0) is 6.42 Å². The van der Waals surface area contributed by atoms with Crippen molar-refractivity contribution in [3.05, 3.63) is 30.1 Å². The van der Waals surface area contributed by atoms with Crippen molar-refractivity contribution in [2.24, 2.45) is 0 Å². The monoisotopic (exact) mass is 194 g/mol. The standard InChI is InChI=1S/C11H18N2O/c1-10(14)2-6-12-7-3-11-4-8-13-9-5-11/h4-5,8-10,12,14H,2-3,6-7H2,1H3. The van der Waals surface area contributed by atoms with E-state index in [1.807, 2.05) is 31.5 Å². The molecule has 1 heterocycles. The molecule has 0 saturated heterocycles. The molecule has 0 fully saturated rings. The van der Waals surface area contributed by atoms with Gasteiger partial charge >= 0.3 is 0 Å². The van der Waals surface area contributed by atoms with E-state index in [0.29, 0.717) is 0 Å². The largest absolute Gasteiger partial charge is 0.393 e. The number of aliphatic hydroxyl groups excluding tert-OH is 1. The number of hydrogen-bond donors (Lipinski definition) is 2. The molecule has 1 atom stereocenters. The van der Waals surface area contributed by atoms with E-state index >= 15 is 0 Å². The van der Waals surface area contributed by atoms with Crippen LogP contribution in [0.4, 0.5) is 0 Å². The van der Waals surface area contributed by atoms with Gasteiger partial charge < -0.3 is 10.4 Å². The van der Waals surface area contributed by atoms with E-state index in [-0.39, 0.29) is 6.10 Å². The van der Waals surface area contributed by atoms with E-state index in [2.05, 4.69) is 10.3 Å². The molecule has 2 N–H and O–H groups in total. The third-order valence-corrected chi connectivity index (χ3v) is 2.08. The summed E-state index contributed by atoms with van der Waals surface area (Å²) in [4.78, 5) is 3.96. The first-order chi connectivity index (χ1) is 6.79. The van der Waals surface area contributed by atoms with Crippen LogP contribution in [0.25, 0.3) is 0 Å². The van der Waals surface area contributed by atoms with Gasteiger partial charge in [-0.05, 0) is 50.6 Å². The van der Waals surface area contributed by atoms with Crippen LogP contribution in [0.5, 0.6) is 0 Å². The molecule has 1 rings (SSSR count). The minimum atomic E-state index is -0.205. The van der Waals surface area contributed by atoms with Gasteiger partial charge in [0.1, 0.15) is 0 Å². The summed E-state index contributed by atoms with van der Waals surface area (Å²) in [5, 5.41) is 12.3. The second-order valence-corrected chi connectivity index (χ2v) is 3.49. The predicted octanol–water partition coefficient (Wildman–Crippen LogP) is 0.985. The van der Waals surface area contributed by atoms with Crippen molar-refractivity contribution in [2.75, 3.05) is 13.1 Å². The number of nitrogens with zero attached hydrogens (tertiary/aromatic N) is 1. The first kappa shape index (κ1) is 11.1. The van der Waals surface area contributed by atoms with E-state index < -0.39 is 0 Å². The molecule has 0 aliphatic carbocycles. The number of hydrogen-bond acceptors (Lipinski definition) is 3. The Kier molecular flexibility index (Phi) is 5.19. The summed E-state index contributed by atoms with van der Waals surface area (Å²) >= 11 is 0. The van der Waals surface area contributed by atoms with Gasteiger partial charge in [0.2, 0.25) is 0 Å². The van der Waals surface area contributed by atoms with Crippen molar-refractivity contribution in [1.29, 1.82) is 0 Å². The Morgan fingerprint density at radius 3 is 2.71 bits per heavy atom. The molecule has 0 radical (unpaired) electrons. The molecule has 1 aromatic heterocycles. The zero-order valence-electron chi connectivity index (χ0n) is 8.61. The highest BCUT2D eigenvalue weighted by molar-refractivity contribution is 5.09. The lowest BCUT2D eigenvalue weighted by Gasteiger charge is -2.06. The molecule has 0 aliphatic heterocycles. The molecule has 0 spiro atoms. The van der Waals surface area contributed by atoms with Crippen LogP contribution in [0, 0.1) is 0 Å². The van der Waals surface area contributed by atoms with Gasteiger partial charge in [-0.25, -0.2) is 0 Å². The highest BCUT2D eigenvalue weighted by atomic mass is 16.3. The SMILES string of the molecule is CC(O)CCNCCc1ccncc1. The molecular formula is C11H18N2O. The summed E-state index contributed by atoms with van der Waals surface area (Å²) in [5.41, 5.74) is 1.30. The minimum Gasteiger partial charge on any atom is -0.393 e. The first-order valence-electron chi connectivity index (χ1n) is 5.06. The van der Waals surface area contributed by atoms with E-state index in [9.17, 15) is 0 Å². The summed E-state index contributed by atoms with van der Waals surface area (Å²) in [6, 6.07) is 4.05. The number of rotatable bonds is 6. The normalized spacial score (nSPS) is 12.7. The number of aliphatic hydroxyl groups is 1. The zero-order valence-corrected chi connectivity index (χ0v) is 8.61. The Morgan fingerprint density at radius 1 is 1.36 bits per heavy atom. The average molecular weight is 194 g/mol. The number of pyridine rings is 1. The van der Waals surface area contributed by atoms with Gasteiger partial charge in [-0.15, -0.1) is 0 Å². The van der Waals surface area contributed by atoms with Crippen LogP contribution in [0.1, 0.15) is 18.9 Å². The van der Waals surface area contributed by atoms with Crippen molar-refractivity contribution in [3.63, 3.8) is 0 Å². The van der Waals surface area contributed by atoms with E-state index in [1.54, 1.807) is 0 Å². The fourth-order valence-electron chi connectivity index (χ4n) is 1.22. The van der Waals surface area contributed by atoms with Crippen molar-refractivity contribution in [3.8, 4) is 0 Å². The molecule has 3 nitrogen and oxygen atoms in total. The fraction of sp³-hybridized carbons (Fsp3) is 0.545. The van der Waals surface area contributed by atoms with Crippen LogP contribution in [0.15, 0.2) is 24.5 Å². The summed E-state index contributed by atoms with van der Waals surface area (Å²) in [5.74, 6) is 0. The lowest BCUT2D eigenvalue weighted by atomic mass is 10.2. The molecule has 0 bridgehead atoms. The highest BCUT2D eigenvalue weighted by Gasteiger charge is 1.95. The van der Waals surface area contributed by atoms with E-state index in [1.165, 1.54) is 5.56 Å². The smallest absolute Gasteiger partial charge is 0.0524 e. The van der Waals surface area contributed by atoms with Crippen LogP contribution in [-0.4, -0.2) is 29.3 Å². The van der Waals surface area contributed by atoms with Crippen LogP contribution in [0.3, 0.4) is 0 Å². The van der Waals surface area contributed by atoms with Gasteiger partial charge in [-0.1, -0.05) is 0 Å². The molecule has 0 saturated carbocycles. The summed E-state index contributed by atoms with van der Waals surface area (Å²) in [6.45, 7) is 3.64. The maximum atomic E-state index is 9.02. The lowest BCUT2D eigenvalue weighted by Crippen LogP contribution is -2.21. The van der Waals surface area contributed by atoms with Crippen molar-refractivity contribution in [2.45, 2.75) is 25.9 Å². The molecular weight excluding hydrogens is 176 g/mol. The van der Waals surface area contributed by atoms with Crippen molar-refractivity contribution in [1.82, 2.24) is 10.3 Å². The topological polar surface area (TPSA) is 45.1 Å². The van der Waals surface area contributed by atoms with Crippen LogP contribution >= 0.6 is 0 Å². The second kappa shape index (κ2) is 6.51. The lowest BCUT2D eigenvalue weighted by molar-refractivity contribution is 0.184. The zero-order chi connectivity index (χ0) is 10.2. The Labute approximate surface area is 85.2 Å². The van der Waals surface area contributed by atoms with E-state index in [4.69, 9.17) is 5.11 Å². The Hall–Kier alpha value is -0.930. The Morgan fingerprint density at radius 2 is 2.07 bits per heavy atom. The third kappa shape index (κ3) is 4.94. The molecule has 14 heavy (non-hydrogen) atoms. The minimum absolute atomic E-state index is 0.205. The average Bonchev–Trinajstić information content (AvgIpc) is 2.18. The predicted molar refractivity (Wildman–Crippen MR) is 57.1 cm³/mol. The highest BCUT2D eigenvalue weighted by Crippen LogP contribution is 1.96. The molecule has 0 aliphatic rings. The van der Waals surface area contributed by atoms with Crippen molar-refractivity contribution >= 4 is 0 Å². The molecule has 1 unspecified atom stereocenters. The number of aromatic nitrogens is 1. The fourth-order valence-corrected chi connectivity index (χ4v) is 1.22. The van der Waals surface area contributed by atoms with Gasteiger partial charge in [0.15, 0.2) is 0 Å². The van der Waals surface area contributed by atoms with Gasteiger partial charge in [0, 0.05) is 12.4 Å². The molecule has 0 amide bonds. The molecule has 1 aromatic rings. The van der Waals surface area contributed by atoms with Gasteiger partial charge in [-0.2, -0.15) is 0 Å². The summed E-state index contributed by atoms with van der Waals surface area (Å²) in [7, 11) is 0. The van der Waals surface area contributed by atoms with Gasteiger partial charge in [0.25, 0.3) is 0 Å². The Bertz CT molecular complexity index is 236. The maximum absolute atomic E-state index is 9.02. The number of nitrogens with one attached hydrogen (secondary N) is 1. The quantitative estimate of drug-likeness (QED) is 0.664. The van der Waals surface area contributed by atoms with E-state index in [0.717, 1.165) is 25.9 Å². The van der Waals surface area contributed by atoms with Crippen LogP contribution in [0.2, 0.25) is 0 Å². The first-order valence-corrected chi connectivity index (χ1v) is 5.06. The summed E-state index contributed by atoms with van der Waals surface area (Å²) in [6.07, 6.45) is 5.25. The maximum Gasteiger partial charge on any atom is 0.0524 e.